The van der Waals surface area contributed by atoms with Gasteiger partial charge < -0.3 is 19.6 Å². The number of morpholine rings is 1. The first-order valence-corrected chi connectivity index (χ1v) is 8.23. The Morgan fingerprint density at radius 2 is 2.08 bits per heavy atom. The Morgan fingerprint density at radius 3 is 2.75 bits per heavy atom. The van der Waals surface area contributed by atoms with Crippen LogP contribution >= 0.6 is 0 Å². The molecule has 1 atom stereocenters. The van der Waals surface area contributed by atoms with Crippen LogP contribution in [0, 0.1) is 11.6 Å². The highest BCUT2D eigenvalue weighted by molar-refractivity contribution is 7.79. The van der Waals surface area contributed by atoms with Gasteiger partial charge in [-0.15, -0.1) is 0 Å². The Labute approximate surface area is 138 Å². The molecule has 1 aliphatic rings. The third kappa shape index (κ3) is 3.18. The third-order valence-electron chi connectivity index (χ3n) is 3.77. The minimum atomic E-state index is -2.91. The Hall–Kier alpha value is -1.88. The quantitative estimate of drug-likeness (QED) is 0.785. The number of carbonyl (C=O) groups is 1. The van der Waals surface area contributed by atoms with Crippen molar-refractivity contribution in [1.29, 1.82) is 0 Å². The van der Waals surface area contributed by atoms with Gasteiger partial charge in [0, 0.05) is 13.1 Å². The lowest BCUT2D eigenvalue weighted by molar-refractivity contribution is 0.0334. The van der Waals surface area contributed by atoms with Gasteiger partial charge in [0.15, 0.2) is 11.6 Å². The number of nitrogens with zero attached hydrogens (tertiary/aromatic N) is 1. The van der Waals surface area contributed by atoms with Crippen molar-refractivity contribution in [3.05, 3.63) is 29.5 Å². The molecule has 10 heteroatoms. The predicted octanol–water partition coefficient (Wildman–Crippen LogP) is 0.704. The SMILES string of the molecule is O=C(NCN1CCOCC1)c1[nH]c2ccc(F)c(F)c2c1S(=O)[O-]. The fraction of sp³-hybridized carbons (Fsp3) is 0.357. The highest BCUT2D eigenvalue weighted by atomic mass is 32.2. The van der Waals surface area contributed by atoms with Gasteiger partial charge in [-0.05, 0) is 23.2 Å². The molecule has 1 saturated heterocycles. The fourth-order valence-corrected chi connectivity index (χ4v) is 3.23. The Balaban J connectivity index is 1.90. The molecule has 0 spiro atoms. The van der Waals surface area contributed by atoms with Crippen LogP contribution in [0.3, 0.4) is 0 Å². The summed E-state index contributed by atoms with van der Waals surface area (Å²) in [4.78, 5) is 16.2. The van der Waals surface area contributed by atoms with Crippen LogP contribution in [0.15, 0.2) is 17.0 Å². The summed E-state index contributed by atoms with van der Waals surface area (Å²) in [7, 11) is 0. The van der Waals surface area contributed by atoms with Crippen LogP contribution < -0.4 is 5.32 Å². The smallest absolute Gasteiger partial charge is 0.269 e. The third-order valence-corrected chi connectivity index (χ3v) is 4.51. The molecule has 3 rings (SSSR count). The number of fused-ring (bicyclic) bond motifs is 1. The summed E-state index contributed by atoms with van der Waals surface area (Å²) in [5.41, 5.74) is -0.291. The molecular weight excluding hydrogens is 344 g/mol. The van der Waals surface area contributed by atoms with Crippen LogP contribution in [-0.4, -0.2) is 57.5 Å². The van der Waals surface area contributed by atoms with Crippen molar-refractivity contribution >= 4 is 27.9 Å². The lowest BCUT2D eigenvalue weighted by atomic mass is 10.2. The van der Waals surface area contributed by atoms with E-state index in [0.717, 1.165) is 6.07 Å². The zero-order valence-corrected chi connectivity index (χ0v) is 13.3. The lowest BCUT2D eigenvalue weighted by Gasteiger charge is -2.26. The van der Waals surface area contributed by atoms with Crippen molar-refractivity contribution in [3.63, 3.8) is 0 Å². The van der Waals surface area contributed by atoms with Gasteiger partial charge in [0.05, 0.1) is 35.7 Å². The van der Waals surface area contributed by atoms with Gasteiger partial charge in [-0.1, -0.05) is 0 Å². The van der Waals surface area contributed by atoms with E-state index in [1.165, 1.54) is 6.07 Å². The lowest BCUT2D eigenvalue weighted by Crippen LogP contribution is -2.44. The zero-order chi connectivity index (χ0) is 17.3. The number of benzene rings is 1. The average molecular weight is 358 g/mol. The first-order valence-electron chi connectivity index (χ1n) is 7.16. The summed E-state index contributed by atoms with van der Waals surface area (Å²) < 4.78 is 55.4. The second-order valence-electron chi connectivity index (χ2n) is 5.24. The van der Waals surface area contributed by atoms with Crippen molar-refractivity contribution in [2.45, 2.75) is 4.90 Å². The van der Waals surface area contributed by atoms with E-state index in [1.807, 2.05) is 4.90 Å². The minimum Gasteiger partial charge on any atom is -0.768 e. The number of aromatic amines is 1. The van der Waals surface area contributed by atoms with E-state index in [9.17, 15) is 22.3 Å². The summed E-state index contributed by atoms with van der Waals surface area (Å²) in [6.07, 6.45) is 0. The van der Waals surface area contributed by atoms with Gasteiger partial charge in [-0.2, -0.15) is 0 Å². The maximum Gasteiger partial charge on any atom is 0.269 e. The highest BCUT2D eigenvalue weighted by Gasteiger charge is 2.23. The standard InChI is InChI=1S/C14H15F2N3O4S/c15-8-1-2-9-10(11(8)16)13(24(21)22)12(18-9)14(20)17-7-19-3-5-23-6-4-19/h1-2,18H,3-7H2,(H,17,20)(H,21,22)/p-1. The number of rotatable bonds is 4. The number of carbonyl (C=O) groups excluding carboxylic acids is 1. The maximum absolute atomic E-state index is 14.0. The molecule has 130 valence electrons. The summed E-state index contributed by atoms with van der Waals surface area (Å²) in [5, 5.41) is 2.11. The van der Waals surface area contributed by atoms with Crippen LogP contribution in [0.1, 0.15) is 10.5 Å². The Bertz CT molecular complexity index is 805. The molecule has 1 fully saturated rings. The molecular formula is C14H14F2N3O4S-. The molecule has 2 aromatic rings. The van der Waals surface area contributed by atoms with Crippen LogP contribution in [0.5, 0.6) is 0 Å². The molecule has 0 saturated carbocycles. The fourth-order valence-electron chi connectivity index (χ4n) is 2.55. The van der Waals surface area contributed by atoms with Crippen molar-refractivity contribution in [2.75, 3.05) is 33.0 Å². The van der Waals surface area contributed by atoms with E-state index in [2.05, 4.69) is 10.3 Å². The molecule has 1 unspecified atom stereocenters. The second-order valence-corrected chi connectivity index (χ2v) is 6.12. The van der Waals surface area contributed by atoms with Crippen molar-refractivity contribution in [2.24, 2.45) is 0 Å². The van der Waals surface area contributed by atoms with E-state index in [0.29, 0.717) is 26.3 Å². The van der Waals surface area contributed by atoms with Crippen LogP contribution in [-0.2, 0) is 15.8 Å². The number of ether oxygens (including phenoxy) is 1. The highest BCUT2D eigenvalue weighted by Crippen LogP contribution is 2.29. The molecule has 0 bridgehead atoms. The van der Waals surface area contributed by atoms with Gasteiger partial charge in [0.1, 0.15) is 5.69 Å². The molecule has 7 nitrogen and oxygen atoms in total. The summed E-state index contributed by atoms with van der Waals surface area (Å²) in [5.74, 6) is -3.21. The van der Waals surface area contributed by atoms with E-state index < -0.39 is 38.9 Å². The molecule has 1 amide bonds. The van der Waals surface area contributed by atoms with Gasteiger partial charge in [0.2, 0.25) is 0 Å². The summed E-state index contributed by atoms with van der Waals surface area (Å²) in [6.45, 7) is 2.55. The number of nitrogens with one attached hydrogen (secondary N) is 2. The molecule has 0 aliphatic carbocycles. The van der Waals surface area contributed by atoms with Gasteiger partial charge in [-0.3, -0.25) is 13.9 Å². The second kappa shape index (κ2) is 6.93. The average Bonchev–Trinajstić information content (AvgIpc) is 2.97. The number of aromatic nitrogens is 1. The normalized spacial score (nSPS) is 17.1. The number of H-pyrrole nitrogens is 1. The van der Waals surface area contributed by atoms with Gasteiger partial charge >= 0.3 is 0 Å². The molecule has 2 N–H and O–H groups in total. The maximum atomic E-state index is 14.0. The van der Waals surface area contributed by atoms with E-state index in [1.54, 1.807) is 0 Å². The minimum absolute atomic E-state index is 0.0321. The van der Waals surface area contributed by atoms with E-state index in [-0.39, 0.29) is 17.9 Å². The van der Waals surface area contributed by atoms with Crippen LogP contribution in [0.2, 0.25) is 0 Å². The monoisotopic (exact) mass is 358 g/mol. The summed E-state index contributed by atoms with van der Waals surface area (Å²) in [6, 6.07) is 2.05. The van der Waals surface area contributed by atoms with Gasteiger partial charge in [-0.25, -0.2) is 8.78 Å². The number of amides is 1. The van der Waals surface area contributed by atoms with Crippen molar-refractivity contribution in [3.8, 4) is 0 Å². The number of hydrogen-bond acceptors (Lipinski definition) is 5. The number of hydrogen-bond donors (Lipinski definition) is 2. The molecule has 24 heavy (non-hydrogen) atoms. The largest absolute Gasteiger partial charge is 0.768 e. The van der Waals surface area contributed by atoms with Crippen molar-refractivity contribution in [1.82, 2.24) is 15.2 Å². The summed E-state index contributed by atoms with van der Waals surface area (Å²) >= 11 is -2.91. The zero-order valence-electron chi connectivity index (χ0n) is 12.4. The molecule has 2 heterocycles. The van der Waals surface area contributed by atoms with E-state index in [4.69, 9.17) is 4.74 Å². The predicted molar refractivity (Wildman–Crippen MR) is 80.1 cm³/mol. The topological polar surface area (TPSA) is 97.5 Å². The molecule has 1 aliphatic heterocycles. The molecule has 1 aromatic heterocycles. The molecule has 1 aromatic carbocycles. The van der Waals surface area contributed by atoms with E-state index >= 15 is 0 Å². The Morgan fingerprint density at radius 1 is 1.38 bits per heavy atom. The van der Waals surface area contributed by atoms with Gasteiger partial charge in [0.25, 0.3) is 5.91 Å². The number of halogens is 2. The van der Waals surface area contributed by atoms with Crippen LogP contribution in [0.4, 0.5) is 8.78 Å². The first-order chi connectivity index (χ1) is 11.5. The van der Waals surface area contributed by atoms with Crippen LogP contribution in [0.25, 0.3) is 10.9 Å². The first kappa shape index (κ1) is 17.0. The van der Waals surface area contributed by atoms with Crippen molar-refractivity contribution < 1.29 is 27.1 Å². The Kier molecular flexibility index (Phi) is 4.90. The molecule has 0 radical (unpaired) electrons.